The molecule has 0 aromatic carbocycles. The van der Waals surface area contributed by atoms with Gasteiger partial charge < -0.3 is 82.3 Å². The SMILES string of the molecule is C[C@@H]1NC(=O)[C@@H](NC(=O)C[C@@H](N)CCCN)CNC(=O)[C@H](C2CCN=C(N)N2)NC(=O)/C(=C/NC(N)=O)NC(=O)[C@H](CNC(=O)C[C@@H](N)CCCN)NC1=O. The van der Waals surface area contributed by atoms with Crippen LogP contribution in [-0.2, 0) is 33.6 Å². The quantitative estimate of drug-likeness (QED) is 0.0687. The zero-order chi connectivity index (χ0) is 41.1. The van der Waals surface area contributed by atoms with Gasteiger partial charge in [0.2, 0.25) is 35.4 Å². The third kappa shape index (κ3) is 16.5. The van der Waals surface area contributed by atoms with E-state index in [0.29, 0.717) is 38.8 Å². The van der Waals surface area contributed by atoms with Crippen molar-refractivity contribution < 1.29 is 38.4 Å². The number of hydrogen-bond acceptors (Lipinski definition) is 15. The van der Waals surface area contributed by atoms with Crippen LogP contribution in [-0.4, -0.2) is 128 Å². The maximum absolute atomic E-state index is 13.7. The second-order valence-corrected chi connectivity index (χ2v) is 13.1. The van der Waals surface area contributed by atoms with E-state index < -0.39 is 108 Å². The maximum atomic E-state index is 13.7. The summed E-state index contributed by atoms with van der Waals surface area (Å²) in [4.78, 5) is 109. The first-order chi connectivity index (χ1) is 26.0. The van der Waals surface area contributed by atoms with Gasteiger partial charge in [-0.3, -0.25) is 38.6 Å². The zero-order valence-corrected chi connectivity index (χ0v) is 30.8. The number of urea groups is 1. The lowest BCUT2D eigenvalue weighted by molar-refractivity contribution is -0.134. The van der Waals surface area contributed by atoms with Crippen LogP contribution < -0.4 is 82.3 Å². The van der Waals surface area contributed by atoms with E-state index in [1.807, 2.05) is 0 Å². The minimum Gasteiger partial charge on any atom is -0.370 e. The molecule has 2 aliphatic rings. The highest BCUT2D eigenvalue weighted by molar-refractivity contribution is 6.02. The summed E-state index contributed by atoms with van der Waals surface area (Å²) in [5, 5.41) is 22.0. The van der Waals surface area contributed by atoms with Gasteiger partial charge in [0.15, 0.2) is 5.96 Å². The Morgan fingerprint density at radius 1 is 0.873 bits per heavy atom. The molecule has 2 heterocycles. The van der Waals surface area contributed by atoms with Gasteiger partial charge in [-0.1, -0.05) is 0 Å². The summed E-state index contributed by atoms with van der Waals surface area (Å²) in [6, 6.07) is -8.97. The summed E-state index contributed by atoms with van der Waals surface area (Å²) in [5.74, 6) is -6.08. The van der Waals surface area contributed by atoms with Crippen molar-refractivity contribution in [2.45, 2.75) is 94.2 Å². The molecule has 24 nitrogen and oxygen atoms in total. The molecule has 21 N–H and O–H groups in total. The predicted molar refractivity (Wildman–Crippen MR) is 198 cm³/mol. The van der Waals surface area contributed by atoms with Gasteiger partial charge >= 0.3 is 6.03 Å². The van der Waals surface area contributed by atoms with E-state index in [2.05, 4.69) is 52.8 Å². The number of amides is 9. The third-order valence-electron chi connectivity index (χ3n) is 8.36. The topological polar surface area (TPSA) is 413 Å². The van der Waals surface area contributed by atoms with Crippen LogP contribution in [0, 0.1) is 0 Å². The lowest BCUT2D eigenvalue weighted by Gasteiger charge is -2.31. The fourth-order valence-corrected chi connectivity index (χ4v) is 5.36. The number of nitrogens with two attached hydrogens (primary N) is 6. The fourth-order valence-electron chi connectivity index (χ4n) is 5.36. The molecule has 7 atom stereocenters. The molecule has 55 heavy (non-hydrogen) atoms. The van der Waals surface area contributed by atoms with Crippen LogP contribution in [0.4, 0.5) is 4.79 Å². The van der Waals surface area contributed by atoms with Crippen molar-refractivity contribution >= 4 is 53.3 Å². The van der Waals surface area contributed by atoms with Crippen LogP contribution in [0.25, 0.3) is 0 Å². The number of rotatable bonds is 15. The highest BCUT2D eigenvalue weighted by Gasteiger charge is 2.35. The van der Waals surface area contributed by atoms with Crippen LogP contribution in [0.3, 0.4) is 0 Å². The van der Waals surface area contributed by atoms with Gasteiger partial charge in [-0.15, -0.1) is 0 Å². The molecule has 308 valence electrons. The Bertz CT molecular complexity index is 1460. The van der Waals surface area contributed by atoms with Crippen molar-refractivity contribution in [3.63, 3.8) is 0 Å². The highest BCUT2D eigenvalue weighted by atomic mass is 16.2. The molecule has 0 radical (unpaired) electrons. The number of primary amides is 1. The number of nitrogens with zero attached hydrogens (tertiary/aromatic N) is 1. The second-order valence-electron chi connectivity index (χ2n) is 13.1. The Hall–Kier alpha value is -5.59. The molecule has 0 aromatic heterocycles. The van der Waals surface area contributed by atoms with Crippen molar-refractivity contribution in [2.24, 2.45) is 39.4 Å². The van der Waals surface area contributed by atoms with E-state index in [9.17, 15) is 38.4 Å². The van der Waals surface area contributed by atoms with Crippen molar-refractivity contribution in [1.82, 2.24) is 47.9 Å². The molecule has 1 unspecified atom stereocenters. The Labute approximate surface area is 317 Å². The average molecular weight is 781 g/mol. The Kier molecular flexibility index (Phi) is 19.3. The molecule has 2 aliphatic heterocycles. The molecule has 2 rings (SSSR count). The fraction of sp³-hybridized carbons (Fsp3) is 0.645. The molecule has 24 heteroatoms. The summed E-state index contributed by atoms with van der Waals surface area (Å²) in [6.07, 6.45) is 2.64. The molecule has 0 saturated carbocycles. The van der Waals surface area contributed by atoms with E-state index in [1.54, 1.807) is 0 Å². The molecule has 1 saturated heterocycles. The van der Waals surface area contributed by atoms with Crippen LogP contribution in [0.5, 0.6) is 0 Å². The van der Waals surface area contributed by atoms with Crippen LogP contribution >= 0.6 is 0 Å². The molecular formula is C31H56N16O8. The van der Waals surface area contributed by atoms with Gasteiger partial charge in [0.25, 0.3) is 5.91 Å². The van der Waals surface area contributed by atoms with E-state index in [-0.39, 0.29) is 31.8 Å². The van der Waals surface area contributed by atoms with Gasteiger partial charge in [-0.2, -0.15) is 0 Å². The van der Waals surface area contributed by atoms with Gasteiger partial charge in [0.05, 0.1) is 6.04 Å². The van der Waals surface area contributed by atoms with Crippen molar-refractivity contribution in [3.8, 4) is 0 Å². The summed E-state index contributed by atoms with van der Waals surface area (Å²) in [5.41, 5.74) is 33.5. The molecule has 0 spiro atoms. The minimum atomic E-state index is -1.59. The smallest absolute Gasteiger partial charge is 0.316 e. The normalized spacial score (nSPS) is 24.7. The maximum Gasteiger partial charge on any atom is 0.316 e. The lowest BCUT2D eigenvalue weighted by Crippen LogP contribution is -2.64. The largest absolute Gasteiger partial charge is 0.370 e. The van der Waals surface area contributed by atoms with E-state index in [4.69, 9.17) is 34.4 Å². The van der Waals surface area contributed by atoms with Gasteiger partial charge in [-0.25, -0.2) is 4.79 Å². The summed E-state index contributed by atoms with van der Waals surface area (Å²) in [6.45, 7) is 1.14. The molecule has 0 aliphatic carbocycles. The second kappa shape index (κ2) is 23.3. The summed E-state index contributed by atoms with van der Waals surface area (Å²) in [7, 11) is 0. The van der Waals surface area contributed by atoms with E-state index in [0.717, 1.165) is 6.20 Å². The number of guanidine groups is 1. The van der Waals surface area contributed by atoms with Crippen molar-refractivity contribution in [3.05, 3.63) is 11.9 Å². The third-order valence-corrected chi connectivity index (χ3v) is 8.36. The van der Waals surface area contributed by atoms with E-state index in [1.165, 1.54) is 6.92 Å². The van der Waals surface area contributed by atoms with Gasteiger partial charge in [0.1, 0.15) is 29.9 Å². The summed E-state index contributed by atoms with van der Waals surface area (Å²) < 4.78 is 0. The molecule has 0 aromatic rings. The van der Waals surface area contributed by atoms with Crippen molar-refractivity contribution in [1.29, 1.82) is 0 Å². The Balaban J connectivity index is 2.52. The highest BCUT2D eigenvalue weighted by Crippen LogP contribution is 2.08. The molecule has 0 bridgehead atoms. The number of aliphatic imine (C=N–C) groups is 1. The van der Waals surface area contributed by atoms with Crippen molar-refractivity contribution in [2.75, 3.05) is 32.7 Å². The molecule has 1 fully saturated rings. The zero-order valence-electron chi connectivity index (χ0n) is 30.8. The minimum absolute atomic E-state index is 0.0321. The number of carbonyl (C=O) groups is 8. The lowest BCUT2D eigenvalue weighted by atomic mass is 10.0. The van der Waals surface area contributed by atoms with Crippen LogP contribution in [0.2, 0.25) is 0 Å². The first kappa shape index (κ1) is 45.6. The number of nitrogens with one attached hydrogen (secondary N) is 9. The standard InChI is InChI=1S/C31H56N16O8/c1-15-25(50)44-20(12-39-22(48)10-16(34)4-2-7-32)27(52)45-21(14-41-31(37)55)28(53)47-24(18-6-9-38-30(36)46-18)29(54)40-13-19(26(51)42-15)43-23(49)11-17(35)5-3-8-33/h14-20,24H,2-13,32-35H2,1H3,(H,39,48)(H,40,54)(H,42,51)(H,43,49)(H,44,50)(H,45,52)(H,47,53)(H3,36,38,46)(H3,37,41,55)/b21-14-/t15-,16-,17-,18?,19-,20-,24-/m0/s1. The number of hydrogen-bond donors (Lipinski definition) is 15. The summed E-state index contributed by atoms with van der Waals surface area (Å²) >= 11 is 0. The van der Waals surface area contributed by atoms with Crippen LogP contribution in [0.15, 0.2) is 16.9 Å². The predicted octanol–water partition coefficient (Wildman–Crippen LogP) is -7.59. The Morgan fingerprint density at radius 2 is 1.51 bits per heavy atom. The Morgan fingerprint density at radius 3 is 2.11 bits per heavy atom. The van der Waals surface area contributed by atoms with E-state index >= 15 is 0 Å². The first-order valence-electron chi connectivity index (χ1n) is 17.8. The molecule has 9 amide bonds. The monoisotopic (exact) mass is 780 g/mol. The molecular weight excluding hydrogens is 724 g/mol. The average Bonchev–Trinajstić information content (AvgIpc) is 3.12. The van der Waals surface area contributed by atoms with Gasteiger partial charge in [-0.05, 0) is 52.1 Å². The van der Waals surface area contributed by atoms with Gasteiger partial charge in [0, 0.05) is 50.8 Å². The van der Waals surface area contributed by atoms with Crippen LogP contribution in [0.1, 0.15) is 51.9 Å². The number of carbonyl (C=O) groups excluding carboxylic acids is 8. The first-order valence-corrected chi connectivity index (χ1v) is 17.8.